The Morgan fingerprint density at radius 1 is 1.04 bits per heavy atom. The van der Waals surface area contributed by atoms with Crippen molar-refractivity contribution in [2.75, 3.05) is 11.9 Å². The molecule has 0 amide bonds. The lowest BCUT2D eigenvalue weighted by atomic mass is 10.1. The zero-order valence-electron chi connectivity index (χ0n) is 12.9. The molecule has 8 nitrogen and oxygen atoms in total. The Balaban J connectivity index is 2.62. The molecule has 0 bridgehead atoms. The highest BCUT2D eigenvalue weighted by atomic mass is 19.4. The average molecular weight is 371 g/mol. The molecule has 0 radical (unpaired) electrons. The SMILES string of the molecule is O=[N+]([O-])c1cc(C(F)(F)F)cc([N+](=O)[O-])c1NC(CO)c1ccccc1. The fourth-order valence-electron chi connectivity index (χ4n) is 2.31. The summed E-state index contributed by atoms with van der Waals surface area (Å²) in [6.07, 6.45) is -5.00. The van der Waals surface area contributed by atoms with E-state index in [1.807, 2.05) is 0 Å². The molecule has 2 N–H and O–H groups in total. The summed E-state index contributed by atoms with van der Waals surface area (Å²) in [5, 5.41) is 34.3. The molecule has 0 fully saturated rings. The first-order valence-electron chi connectivity index (χ1n) is 7.11. The number of nitrogens with zero attached hydrogens (tertiary/aromatic N) is 2. The van der Waals surface area contributed by atoms with Crippen LogP contribution in [0.4, 0.5) is 30.2 Å². The molecule has 0 aliphatic heterocycles. The van der Waals surface area contributed by atoms with Crippen LogP contribution in [0, 0.1) is 20.2 Å². The van der Waals surface area contributed by atoms with Gasteiger partial charge in [-0.15, -0.1) is 0 Å². The summed E-state index contributed by atoms with van der Waals surface area (Å²) in [5.74, 6) is 0. The van der Waals surface area contributed by atoms with Gasteiger partial charge in [-0.2, -0.15) is 13.2 Å². The van der Waals surface area contributed by atoms with Crippen molar-refractivity contribution in [3.05, 3.63) is 73.8 Å². The second-order valence-corrected chi connectivity index (χ2v) is 5.19. The van der Waals surface area contributed by atoms with Gasteiger partial charge in [0, 0.05) is 12.1 Å². The Bertz CT molecular complexity index is 792. The van der Waals surface area contributed by atoms with Gasteiger partial charge in [-0.25, -0.2) is 0 Å². The van der Waals surface area contributed by atoms with Crippen LogP contribution in [-0.4, -0.2) is 21.6 Å². The highest BCUT2D eigenvalue weighted by Gasteiger charge is 2.38. The molecule has 1 unspecified atom stereocenters. The summed E-state index contributed by atoms with van der Waals surface area (Å²) in [6, 6.07) is 7.42. The van der Waals surface area contributed by atoms with Crippen molar-refractivity contribution in [3.63, 3.8) is 0 Å². The number of hydrogen-bond donors (Lipinski definition) is 2. The van der Waals surface area contributed by atoms with E-state index in [1.165, 1.54) is 0 Å². The van der Waals surface area contributed by atoms with Crippen LogP contribution in [0.1, 0.15) is 17.2 Å². The van der Waals surface area contributed by atoms with Gasteiger partial charge >= 0.3 is 6.18 Å². The zero-order valence-corrected chi connectivity index (χ0v) is 12.9. The summed E-state index contributed by atoms with van der Waals surface area (Å²) in [4.78, 5) is 20.1. The molecule has 26 heavy (non-hydrogen) atoms. The van der Waals surface area contributed by atoms with Gasteiger partial charge in [-0.1, -0.05) is 30.3 Å². The van der Waals surface area contributed by atoms with E-state index in [4.69, 9.17) is 0 Å². The lowest BCUT2D eigenvalue weighted by Gasteiger charge is -2.18. The Labute approximate surface area is 144 Å². The third kappa shape index (κ3) is 4.06. The van der Waals surface area contributed by atoms with Gasteiger partial charge in [0.2, 0.25) is 0 Å². The van der Waals surface area contributed by atoms with E-state index in [9.17, 15) is 38.5 Å². The van der Waals surface area contributed by atoms with Crippen molar-refractivity contribution >= 4 is 17.1 Å². The fourth-order valence-corrected chi connectivity index (χ4v) is 2.31. The van der Waals surface area contributed by atoms with Crippen molar-refractivity contribution in [1.82, 2.24) is 0 Å². The van der Waals surface area contributed by atoms with Gasteiger partial charge in [0.25, 0.3) is 11.4 Å². The molecule has 11 heteroatoms. The van der Waals surface area contributed by atoms with Crippen LogP contribution >= 0.6 is 0 Å². The highest BCUT2D eigenvalue weighted by molar-refractivity contribution is 5.75. The number of nitro benzene ring substituents is 2. The quantitative estimate of drug-likeness (QED) is 0.591. The van der Waals surface area contributed by atoms with E-state index >= 15 is 0 Å². The van der Waals surface area contributed by atoms with Gasteiger partial charge in [0.05, 0.1) is 28.1 Å². The highest BCUT2D eigenvalue weighted by Crippen LogP contribution is 2.42. The number of halogens is 3. The van der Waals surface area contributed by atoms with Crippen LogP contribution in [-0.2, 0) is 6.18 Å². The first-order chi connectivity index (χ1) is 12.1. The summed E-state index contributed by atoms with van der Waals surface area (Å²) < 4.78 is 38.7. The molecule has 0 aliphatic rings. The third-order valence-corrected chi connectivity index (χ3v) is 3.52. The van der Waals surface area contributed by atoms with E-state index < -0.39 is 51.3 Å². The minimum Gasteiger partial charge on any atom is -0.394 e. The largest absolute Gasteiger partial charge is 0.416 e. The smallest absolute Gasteiger partial charge is 0.394 e. The molecular weight excluding hydrogens is 359 g/mol. The number of hydrogen-bond acceptors (Lipinski definition) is 6. The van der Waals surface area contributed by atoms with E-state index in [-0.39, 0.29) is 12.1 Å². The number of benzene rings is 2. The average Bonchev–Trinajstić information content (AvgIpc) is 2.58. The normalized spacial score (nSPS) is 12.5. The second-order valence-electron chi connectivity index (χ2n) is 5.19. The summed E-state index contributed by atoms with van der Waals surface area (Å²) in [5.41, 5.74) is -4.00. The Morgan fingerprint density at radius 2 is 1.54 bits per heavy atom. The van der Waals surface area contributed by atoms with E-state index in [0.29, 0.717) is 5.56 Å². The standard InChI is InChI=1S/C15H12F3N3O5/c16-15(17,18)10-6-12(20(23)24)14(13(7-10)21(25)26)19-11(8-22)9-4-2-1-3-5-9/h1-7,11,19,22H,8H2. The third-order valence-electron chi connectivity index (χ3n) is 3.52. The van der Waals surface area contributed by atoms with Crippen LogP contribution in [0.3, 0.4) is 0 Å². The maximum atomic E-state index is 12.9. The number of nitrogens with one attached hydrogen (secondary N) is 1. The lowest BCUT2D eigenvalue weighted by Crippen LogP contribution is -2.17. The molecule has 2 aromatic rings. The first kappa shape index (κ1) is 19.1. The van der Waals surface area contributed by atoms with Crippen LogP contribution in [0.25, 0.3) is 0 Å². The van der Waals surface area contributed by atoms with Gasteiger partial charge < -0.3 is 10.4 Å². The number of alkyl halides is 3. The molecule has 0 saturated carbocycles. The van der Waals surface area contributed by atoms with Crippen molar-refractivity contribution in [1.29, 1.82) is 0 Å². The Kier molecular flexibility index (Phi) is 5.41. The predicted molar refractivity (Wildman–Crippen MR) is 84.6 cm³/mol. The molecule has 0 heterocycles. The van der Waals surface area contributed by atoms with Gasteiger partial charge in [-0.3, -0.25) is 20.2 Å². The van der Waals surface area contributed by atoms with Crippen molar-refractivity contribution in [2.24, 2.45) is 0 Å². The minimum absolute atomic E-state index is 0.217. The fraction of sp³-hybridized carbons (Fsp3) is 0.200. The van der Waals surface area contributed by atoms with Gasteiger partial charge in [-0.05, 0) is 5.56 Å². The summed E-state index contributed by atoms with van der Waals surface area (Å²) in [6.45, 7) is -0.598. The molecule has 2 rings (SSSR count). The Hall–Kier alpha value is -3.21. The number of anilines is 1. The molecule has 0 aromatic heterocycles. The maximum Gasteiger partial charge on any atom is 0.416 e. The lowest BCUT2D eigenvalue weighted by molar-refractivity contribution is -0.392. The first-order valence-corrected chi connectivity index (χ1v) is 7.11. The van der Waals surface area contributed by atoms with Crippen LogP contribution in [0.5, 0.6) is 0 Å². The van der Waals surface area contributed by atoms with Crippen LogP contribution < -0.4 is 5.32 Å². The molecular formula is C15H12F3N3O5. The summed E-state index contributed by atoms with van der Waals surface area (Å²) in [7, 11) is 0. The van der Waals surface area contributed by atoms with Crippen molar-refractivity contribution in [3.8, 4) is 0 Å². The van der Waals surface area contributed by atoms with Crippen LogP contribution in [0.2, 0.25) is 0 Å². The second kappa shape index (κ2) is 7.35. The molecule has 1 atom stereocenters. The molecule has 0 aliphatic carbocycles. The minimum atomic E-state index is -5.00. The maximum absolute atomic E-state index is 12.9. The molecule has 0 spiro atoms. The number of aliphatic hydroxyl groups is 1. The van der Waals surface area contributed by atoms with Crippen molar-refractivity contribution < 1.29 is 28.1 Å². The number of rotatable bonds is 6. The van der Waals surface area contributed by atoms with E-state index in [2.05, 4.69) is 5.32 Å². The summed E-state index contributed by atoms with van der Waals surface area (Å²) >= 11 is 0. The van der Waals surface area contributed by atoms with E-state index in [0.717, 1.165) is 0 Å². The van der Waals surface area contributed by atoms with Crippen molar-refractivity contribution in [2.45, 2.75) is 12.2 Å². The van der Waals surface area contributed by atoms with Gasteiger partial charge in [0.15, 0.2) is 5.69 Å². The number of aliphatic hydroxyl groups excluding tert-OH is 1. The Morgan fingerprint density at radius 3 is 1.92 bits per heavy atom. The van der Waals surface area contributed by atoms with E-state index in [1.54, 1.807) is 30.3 Å². The van der Waals surface area contributed by atoms with Gasteiger partial charge in [0.1, 0.15) is 0 Å². The predicted octanol–water partition coefficient (Wildman–Crippen LogP) is 3.67. The molecule has 138 valence electrons. The molecule has 2 aromatic carbocycles. The monoisotopic (exact) mass is 371 g/mol. The van der Waals surface area contributed by atoms with Crippen LogP contribution in [0.15, 0.2) is 42.5 Å². The molecule has 0 saturated heterocycles. The topological polar surface area (TPSA) is 119 Å². The zero-order chi connectivity index (χ0) is 19.5. The number of nitro groups is 2.